The van der Waals surface area contributed by atoms with Crippen LogP contribution in [-0.2, 0) is 10.2 Å². The van der Waals surface area contributed by atoms with Crippen LogP contribution in [0.3, 0.4) is 0 Å². The fourth-order valence-electron chi connectivity index (χ4n) is 2.20. The van der Waals surface area contributed by atoms with E-state index in [1.165, 1.54) is 0 Å². The van der Waals surface area contributed by atoms with Gasteiger partial charge in [0.2, 0.25) is 0 Å². The Hall–Kier alpha value is -0.900. The Labute approximate surface area is 102 Å². The number of aliphatic carboxylic acids is 1. The predicted molar refractivity (Wildman–Crippen MR) is 62.0 cm³/mol. The van der Waals surface area contributed by atoms with Crippen LogP contribution in [0.1, 0.15) is 30.4 Å². The van der Waals surface area contributed by atoms with E-state index >= 15 is 0 Å². The molecule has 0 amide bonds. The molecule has 1 saturated carbocycles. The van der Waals surface area contributed by atoms with Gasteiger partial charge in [-0.2, -0.15) is 0 Å². The van der Waals surface area contributed by atoms with E-state index in [1.807, 2.05) is 0 Å². The summed E-state index contributed by atoms with van der Waals surface area (Å²) in [6.07, 6.45) is 1.87. The highest BCUT2D eigenvalue weighted by Crippen LogP contribution is 2.47. The Kier molecular flexibility index (Phi) is 2.78. The van der Waals surface area contributed by atoms with Gasteiger partial charge in [0, 0.05) is 10.0 Å². The first-order chi connectivity index (χ1) is 7.49. The molecule has 0 radical (unpaired) electrons. The van der Waals surface area contributed by atoms with Crippen molar-refractivity contribution in [1.82, 2.24) is 0 Å². The number of hydrogen-bond acceptors (Lipinski definition) is 1. The zero-order valence-electron chi connectivity index (χ0n) is 8.89. The predicted octanol–water partition coefficient (Wildman–Crippen LogP) is 3.40. The molecule has 1 fully saturated rings. The zero-order chi connectivity index (χ0) is 11.9. The van der Waals surface area contributed by atoms with Crippen LogP contribution in [0.5, 0.6) is 0 Å². The molecular weight excluding hydrogens is 275 g/mol. The van der Waals surface area contributed by atoms with E-state index in [4.69, 9.17) is 0 Å². The minimum Gasteiger partial charge on any atom is -0.481 e. The molecule has 0 atom stereocenters. The quantitative estimate of drug-likeness (QED) is 0.905. The second-order valence-electron chi connectivity index (χ2n) is 4.29. The summed E-state index contributed by atoms with van der Waals surface area (Å²) < 4.78 is 14.6. The van der Waals surface area contributed by atoms with Gasteiger partial charge in [0.1, 0.15) is 5.82 Å². The molecule has 0 unspecified atom stereocenters. The van der Waals surface area contributed by atoms with Gasteiger partial charge in [-0.05, 0) is 31.4 Å². The van der Waals surface area contributed by atoms with Gasteiger partial charge in [0.05, 0.1) is 5.41 Å². The second kappa shape index (κ2) is 3.84. The van der Waals surface area contributed by atoms with Crippen molar-refractivity contribution in [2.24, 2.45) is 0 Å². The molecule has 1 aliphatic carbocycles. The van der Waals surface area contributed by atoms with Crippen molar-refractivity contribution >= 4 is 21.9 Å². The Morgan fingerprint density at radius 3 is 2.56 bits per heavy atom. The summed E-state index contributed by atoms with van der Waals surface area (Å²) in [7, 11) is 0. The van der Waals surface area contributed by atoms with Gasteiger partial charge in [0.25, 0.3) is 0 Å². The number of carboxylic acids is 1. The van der Waals surface area contributed by atoms with E-state index in [0.29, 0.717) is 28.4 Å². The molecule has 2 rings (SSSR count). The van der Waals surface area contributed by atoms with Crippen molar-refractivity contribution < 1.29 is 14.3 Å². The molecule has 0 bridgehead atoms. The number of benzene rings is 1. The molecule has 1 N–H and O–H groups in total. The lowest BCUT2D eigenvalue weighted by Crippen LogP contribution is -2.43. The highest BCUT2D eigenvalue weighted by atomic mass is 79.9. The molecule has 0 aromatic heterocycles. The van der Waals surface area contributed by atoms with Gasteiger partial charge in [0.15, 0.2) is 0 Å². The van der Waals surface area contributed by atoms with Crippen LogP contribution >= 0.6 is 15.9 Å². The van der Waals surface area contributed by atoms with Crippen LogP contribution in [0, 0.1) is 12.7 Å². The van der Waals surface area contributed by atoms with Crippen molar-refractivity contribution in [2.75, 3.05) is 0 Å². The molecule has 4 heteroatoms. The van der Waals surface area contributed by atoms with Gasteiger partial charge >= 0.3 is 5.97 Å². The molecule has 1 aromatic rings. The first-order valence-electron chi connectivity index (χ1n) is 5.17. The summed E-state index contributed by atoms with van der Waals surface area (Å²) in [5, 5.41) is 9.29. The van der Waals surface area contributed by atoms with Crippen LogP contribution in [0.15, 0.2) is 16.6 Å². The standard InChI is InChI=1S/C12H12BrFO2/c1-7-3-4-8(13)9(10(7)14)12(11(15)16)5-2-6-12/h3-4H,2,5-6H2,1H3,(H,15,16). The highest BCUT2D eigenvalue weighted by molar-refractivity contribution is 9.10. The van der Waals surface area contributed by atoms with E-state index < -0.39 is 17.2 Å². The van der Waals surface area contributed by atoms with Crippen LogP contribution in [0.4, 0.5) is 4.39 Å². The summed E-state index contributed by atoms with van der Waals surface area (Å²) in [5.41, 5.74) is -0.216. The number of hydrogen-bond donors (Lipinski definition) is 1. The Bertz CT molecular complexity index is 453. The summed E-state index contributed by atoms with van der Waals surface area (Å²) in [5.74, 6) is -1.32. The molecular formula is C12H12BrFO2. The first-order valence-corrected chi connectivity index (χ1v) is 5.97. The van der Waals surface area contributed by atoms with Crippen molar-refractivity contribution in [3.8, 4) is 0 Å². The normalized spacial score (nSPS) is 17.9. The summed E-state index contributed by atoms with van der Waals surface area (Å²) in [6, 6.07) is 3.37. The van der Waals surface area contributed by atoms with Crippen molar-refractivity contribution in [3.05, 3.63) is 33.5 Å². The zero-order valence-corrected chi connectivity index (χ0v) is 10.5. The molecule has 0 aliphatic heterocycles. The van der Waals surface area contributed by atoms with Gasteiger partial charge in [-0.25, -0.2) is 4.39 Å². The third-order valence-electron chi connectivity index (χ3n) is 3.38. The lowest BCUT2D eigenvalue weighted by atomic mass is 9.64. The highest BCUT2D eigenvalue weighted by Gasteiger charge is 2.48. The number of carboxylic acid groups (broad SMARTS) is 1. The summed E-state index contributed by atoms with van der Waals surface area (Å²) in [6.45, 7) is 1.65. The van der Waals surface area contributed by atoms with Gasteiger partial charge < -0.3 is 5.11 Å². The Morgan fingerprint density at radius 2 is 2.12 bits per heavy atom. The maximum Gasteiger partial charge on any atom is 0.314 e. The van der Waals surface area contributed by atoms with Gasteiger partial charge in [-0.3, -0.25) is 4.79 Å². The fraction of sp³-hybridized carbons (Fsp3) is 0.417. The SMILES string of the molecule is Cc1ccc(Br)c(C2(C(=O)O)CCC2)c1F. The van der Waals surface area contributed by atoms with Crippen LogP contribution in [0.2, 0.25) is 0 Å². The molecule has 86 valence electrons. The van der Waals surface area contributed by atoms with Crippen LogP contribution < -0.4 is 0 Å². The largest absolute Gasteiger partial charge is 0.481 e. The topological polar surface area (TPSA) is 37.3 Å². The molecule has 1 aromatic carbocycles. The minimum atomic E-state index is -1.02. The molecule has 1 aliphatic rings. The van der Waals surface area contributed by atoms with E-state index in [1.54, 1.807) is 19.1 Å². The summed E-state index contributed by atoms with van der Waals surface area (Å²) in [4.78, 5) is 11.3. The lowest BCUT2D eigenvalue weighted by molar-refractivity contribution is -0.147. The molecule has 0 saturated heterocycles. The third kappa shape index (κ3) is 1.47. The number of aryl methyl sites for hydroxylation is 1. The van der Waals surface area contributed by atoms with E-state index in [-0.39, 0.29) is 0 Å². The molecule has 0 heterocycles. The number of rotatable bonds is 2. The fourth-order valence-corrected chi connectivity index (χ4v) is 2.88. The maximum atomic E-state index is 14.0. The van der Waals surface area contributed by atoms with Crippen molar-refractivity contribution in [2.45, 2.75) is 31.6 Å². The first kappa shape index (κ1) is 11.6. The molecule has 16 heavy (non-hydrogen) atoms. The second-order valence-corrected chi connectivity index (χ2v) is 5.15. The Morgan fingerprint density at radius 1 is 1.50 bits per heavy atom. The number of halogens is 2. The van der Waals surface area contributed by atoms with Crippen LogP contribution in [0.25, 0.3) is 0 Å². The monoisotopic (exact) mass is 286 g/mol. The number of carbonyl (C=O) groups is 1. The minimum absolute atomic E-state index is 0.311. The maximum absolute atomic E-state index is 14.0. The van der Waals surface area contributed by atoms with Crippen LogP contribution in [-0.4, -0.2) is 11.1 Å². The van der Waals surface area contributed by atoms with Crippen molar-refractivity contribution in [3.63, 3.8) is 0 Å². The van der Waals surface area contributed by atoms with Gasteiger partial charge in [-0.1, -0.05) is 28.4 Å². The summed E-state index contributed by atoms with van der Waals surface area (Å²) >= 11 is 3.26. The van der Waals surface area contributed by atoms with E-state index in [0.717, 1.165) is 6.42 Å². The van der Waals surface area contributed by atoms with Gasteiger partial charge in [-0.15, -0.1) is 0 Å². The molecule has 2 nitrogen and oxygen atoms in total. The van der Waals surface area contributed by atoms with Crippen molar-refractivity contribution in [1.29, 1.82) is 0 Å². The smallest absolute Gasteiger partial charge is 0.314 e. The van der Waals surface area contributed by atoms with E-state index in [2.05, 4.69) is 15.9 Å². The van der Waals surface area contributed by atoms with E-state index in [9.17, 15) is 14.3 Å². The third-order valence-corrected chi connectivity index (χ3v) is 4.04. The molecule has 0 spiro atoms. The lowest BCUT2D eigenvalue weighted by Gasteiger charge is -2.39. The average Bonchev–Trinajstić information content (AvgIpc) is 2.15. The average molecular weight is 287 g/mol. The Balaban J connectivity index is 2.63.